The highest BCUT2D eigenvalue weighted by Gasteiger charge is 2.21. The molecular weight excluding hydrogens is 386 g/mol. The van der Waals surface area contributed by atoms with Crippen LogP contribution in [-0.2, 0) is 16.0 Å². The Balaban J connectivity index is 1.36. The quantitative estimate of drug-likeness (QED) is 0.710. The number of piperidine rings is 1. The fourth-order valence-electron chi connectivity index (χ4n) is 3.57. The molecule has 1 aliphatic heterocycles. The number of nitrogens with zero attached hydrogens (tertiary/aromatic N) is 1. The van der Waals surface area contributed by atoms with Gasteiger partial charge in [-0.3, -0.25) is 9.59 Å². The molecule has 3 rings (SSSR count). The van der Waals surface area contributed by atoms with E-state index in [1.165, 1.54) is 5.56 Å². The molecule has 1 heterocycles. The first-order chi connectivity index (χ1) is 14.0. The monoisotopic (exact) mass is 413 g/mol. The second-order valence-corrected chi connectivity index (χ2v) is 8.08. The molecule has 6 heteroatoms. The Morgan fingerprint density at radius 1 is 1.07 bits per heavy atom. The van der Waals surface area contributed by atoms with Crippen LogP contribution in [0.5, 0.6) is 0 Å². The molecule has 154 valence electrons. The molecule has 2 amide bonds. The van der Waals surface area contributed by atoms with Crippen molar-refractivity contribution in [1.29, 1.82) is 0 Å². The fourth-order valence-corrected chi connectivity index (χ4v) is 3.74. The highest BCUT2D eigenvalue weighted by molar-refractivity contribution is 6.40. The predicted octanol–water partition coefficient (Wildman–Crippen LogP) is 3.66. The van der Waals surface area contributed by atoms with E-state index in [9.17, 15) is 9.59 Å². The second-order valence-electron chi connectivity index (χ2n) is 7.64. The lowest BCUT2D eigenvalue weighted by Gasteiger charge is -2.32. The Hall–Kier alpha value is -2.37. The number of benzene rings is 2. The first-order valence-corrected chi connectivity index (χ1v) is 10.5. The minimum Gasteiger partial charge on any atom is -0.348 e. The Labute approximate surface area is 177 Å². The van der Waals surface area contributed by atoms with Gasteiger partial charge in [-0.05, 0) is 68.5 Å². The van der Waals surface area contributed by atoms with E-state index in [-0.39, 0.29) is 0 Å². The van der Waals surface area contributed by atoms with Crippen molar-refractivity contribution in [3.63, 3.8) is 0 Å². The Kier molecular flexibility index (Phi) is 7.67. The van der Waals surface area contributed by atoms with Gasteiger partial charge in [0, 0.05) is 23.8 Å². The zero-order chi connectivity index (χ0) is 20.6. The van der Waals surface area contributed by atoms with Gasteiger partial charge in [-0.15, -0.1) is 0 Å². The lowest BCUT2D eigenvalue weighted by Crippen LogP contribution is -2.42. The van der Waals surface area contributed by atoms with Crippen molar-refractivity contribution < 1.29 is 9.59 Å². The van der Waals surface area contributed by atoms with E-state index in [2.05, 4.69) is 39.8 Å². The molecule has 1 aliphatic rings. The van der Waals surface area contributed by atoms with Crippen LogP contribution in [0.25, 0.3) is 0 Å². The summed E-state index contributed by atoms with van der Waals surface area (Å²) >= 11 is 5.96. The Bertz CT molecular complexity index is 833. The molecular formula is C23H28ClN3O2. The van der Waals surface area contributed by atoms with Gasteiger partial charge in [-0.1, -0.05) is 48.0 Å². The summed E-state index contributed by atoms with van der Waals surface area (Å²) in [5.41, 5.74) is 2.78. The van der Waals surface area contributed by atoms with Gasteiger partial charge in [-0.25, -0.2) is 0 Å². The second kappa shape index (κ2) is 10.4. The number of rotatable bonds is 6. The number of hydrogen-bond donors (Lipinski definition) is 2. The van der Waals surface area contributed by atoms with Gasteiger partial charge in [0.2, 0.25) is 0 Å². The van der Waals surface area contributed by atoms with Crippen molar-refractivity contribution in [3.8, 4) is 0 Å². The molecule has 0 radical (unpaired) electrons. The predicted molar refractivity (Wildman–Crippen MR) is 117 cm³/mol. The largest absolute Gasteiger partial charge is 0.348 e. The summed E-state index contributed by atoms with van der Waals surface area (Å²) in [4.78, 5) is 26.8. The Morgan fingerprint density at radius 3 is 2.52 bits per heavy atom. The molecule has 29 heavy (non-hydrogen) atoms. The number of aryl methyl sites for hydroxylation is 1. The SMILES string of the molecule is Cc1ccc(Cl)cc1NC(=O)C(=O)NCC1CCN(CCc2ccccc2)CC1. The molecule has 0 unspecified atom stereocenters. The topological polar surface area (TPSA) is 61.4 Å². The van der Waals surface area contributed by atoms with E-state index in [0.29, 0.717) is 23.2 Å². The maximum Gasteiger partial charge on any atom is 0.313 e. The average Bonchev–Trinajstić information content (AvgIpc) is 2.74. The summed E-state index contributed by atoms with van der Waals surface area (Å²) in [6.45, 7) is 5.51. The first-order valence-electron chi connectivity index (χ1n) is 10.1. The average molecular weight is 414 g/mol. The molecule has 0 spiro atoms. The number of halogens is 1. The molecule has 1 fully saturated rings. The molecule has 2 aromatic rings. The van der Waals surface area contributed by atoms with E-state index in [0.717, 1.165) is 44.5 Å². The molecule has 0 saturated carbocycles. The standard InChI is InChI=1S/C23H28ClN3O2/c1-17-7-8-20(24)15-21(17)26-23(29)22(28)25-16-19-10-13-27(14-11-19)12-9-18-5-3-2-4-6-18/h2-8,15,19H,9-14,16H2,1H3,(H,25,28)(H,26,29). The van der Waals surface area contributed by atoms with E-state index < -0.39 is 11.8 Å². The molecule has 5 nitrogen and oxygen atoms in total. The van der Waals surface area contributed by atoms with Gasteiger partial charge in [0.05, 0.1) is 0 Å². The van der Waals surface area contributed by atoms with Crippen molar-refractivity contribution in [2.24, 2.45) is 5.92 Å². The smallest absolute Gasteiger partial charge is 0.313 e. The van der Waals surface area contributed by atoms with Gasteiger partial charge >= 0.3 is 11.8 Å². The van der Waals surface area contributed by atoms with Crippen LogP contribution in [-0.4, -0.2) is 42.9 Å². The van der Waals surface area contributed by atoms with Crippen molar-refractivity contribution >= 4 is 29.1 Å². The zero-order valence-corrected chi connectivity index (χ0v) is 17.5. The van der Waals surface area contributed by atoms with Crippen LogP contribution >= 0.6 is 11.6 Å². The Morgan fingerprint density at radius 2 is 1.79 bits per heavy atom. The molecule has 1 saturated heterocycles. The van der Waals surface area contributed by atoms with Crippen LogP contribution in [0.2, 0.25) is 5.02 Å². The van der Waals surface area contributed by atoms with Crippen molar-refractivity contribution in [3.05, 3.63) is 64.7 Å². The minimum atomic E-state index is -0.657. The maximum atomic E-state index is 12.1. The third-order valence-corrected chi connectivity index (χ3v) is 5.71. The van der Waals surface area contributed by atoms with Crippen molar-refractivity contribution in [2.75, 3.05) is 31.5 Å². The van der Waals surface area contributed by atoms with Crippen LogP contribution in [0.1, 0.15) is 24.0 Å². The van der Waals surface area contributed by atoms with E-state index in [1.807, 2.05) is 13.0 Å². The molecule has 0 atom stereocenters. The fraction of sp³-hybridized carbons (Fsp3) is 0.391. The molecule has 0 aliphatic carbocycles. The number of amides is 2. The third-order valence-electron chi connectivity index (χ3n) is 5.47. The highest BCUT2D eigenvalue weighted by Crippen LogP contribution is 2.20. The van der Waals surface area contributed by atoms with Gasteiger partial charge < -0.3 is 15.5 Å². The summed E-state index contributed by atoms with van der Waals surface area (Å²) in [5.74, 6) is -0.848. The van der Waals surface area contributed by atoms with Gasteiger partial charge in [0.15, 0.2) is 0 Å². The summed E-state index contributed by atoms with van der Waals surface area (Å²) in [6, 6.07) is 15.7. The zero-order valence-electron chi connectivity index (χ0n) is 16.8. The lowest BCUT2D eigenvalue weighted by molar-refractivity contribution is -0.136. The number of carbonyl (C=O) groups is 2. The third kappa shape index (κ3) is 6.58. The van der Waals surface area contributed by atoms with Crippen LogP contribution < -0.4 is 10.6 Å². The summed E-state index contributed by atoms with van der Waals surface area (Å²) in [5, 5.41) is 5.93. The molecule has 2 aromatic carbocycles. The summed E-state index contributed by atoms with van der Waals surface area (Å²) < 4.78 is 0. The van der Waals surface area contributed by atoms with Crippen LogP contribution in [0.3, 0.4) is 0 Å². The number of nitrogens with one attached hydrogen (secondary N) is 2. The summed E-state index contributed by atoms with van der Waals surface area (Å²) in [6.07, 6.45) is 3.12. The molecule has 0 aromatic heterocycles. The van der Waals surface area contributed by atoms with Gasteiger partial charge in [0.25, 0.3) is 0 Å². The summed E-state index contributed by atoms with van der Waals surface area (Å²) in [7, 11) is 0. The molecule has 2 N–H and O–H groups in total. The minimum absolute atomic E-state index is 0.410. The lowest BCUT2D eigenvalue weighted by atomic mass is 9.96. The van der Waals surface area contributed by atoms with E-state index in [1.54, 1.807) is 18.2 Å². The van der Waals surface area contributed by atoms with Crippen LogP contribution in [0.4, 0.5) is 5.69 Å². The normalized spacial score (nSPS) is 15.1. The van der Waals surface area contributed by atoms with Crippen molar-refractivity contribution in [2.45, 2.75) is 26.2 Å². The number of likely N-dealkylation sites (tertiary alicyclic amines) is 1. The number of carbonyl (C=O) groups excluding carboxylic acids is 2. The number of anilines is 1. The van der Waals surface area contributed by atoms with Crippen LogP contribution in [0.15, 0.2) is 48.5 Å². The number of hydrogen-bond acceptors (Lipinski definition) is 3. The van der Waals surface area contributed by atoms with Crippen molar-refractivity contribution in [1.82, 2.24) is 10.2 Å². The van der Waals surface area contributed by atoms with E-state index in [4.69, 9.17) is 11.6 Å². The maximum absolute atomic E-state index is 12.1. The van der Waals surface area contributed by atoms with Gasteiger partial charge in [-0.2, -0.15) is 0 Å². The molecule has 0 bridgehead atoms. The first kappa shape index (κ1) is 21.3. The highest BCUT2D eigenvalue weighted by atomic mass is 35.5. The van der Waals surface area contributed by atoms with Gasteiger partial charge in [0.1, 0.15) is 0 Å². The van der Waals surface area contributed by atoms with E-state index >= 15 is 0 Å². The van der Waals surface area contributed by atoms with Crippen LogP contribution in [0, 0.1) is 12.8 Å².